The molecule has 1 aromatic carbocycles. The van der Waals surface area contributed by atoms with Crippen molar-refractivity contribution in [3.05, 3.63) is 29.8 Å². The third-order valence-electron chi connectivity index (χ3n) is 4.73. The van der Waals surface area contributed by atoms with Crippen LogP contribution in [0.2, 0.25) is 0 Å². The van der Waals surface area contributed by atoms with Gasteiger partial charge in [0.25, 0.3) is 0 Å². The molecule has 1 aromatic rings. The number of carbonyl (C=O) groups is 1. The zero-order chi connectivity index (χ0) is 15.4. The molecule has 0 aromatic heterocycles. The third kappa shape index (κ3) is 4.08. The van der Waals surface area contributed by atoms with Crippen molar-refractivity contribution in [1.82, 2.24) is 5.32 Å². The highest BCUT2D eigenvalue weighted by Crippen LogP contribution is 2.32. The summed E-state index contributed by atoms with van der Waals surface area (Å²) in [5.41, 5.74) is 1.97. The second-order valence-electron chi connectivity index (χ2n) is 6.57. The summed E-state index contributed by atoms with van der Waals surface area (Å²) in [7, 11) is 0. The number of amides is 1. The Hall–Kier alpha value is -1.39. The summed E-state index contributed by atoms with van der Waals surface area (Å²) in [6, 6.07) is 9.22. The van der Waals surface area contributed by atoms with Crippen LogP contribution in [0, 0.1) is 5.92 Å². The van der Waals surface area contributed by atoms with E-state index >= 15 is 0 Å². The Morgan fingerprint density at radius 2 is 2.09 bits per heavy atom. The van der Waals surface area contributed by atoms with Crippen LogP contribution in [0.4, 0.5) is 5.69 Å². The highest BCUT2D eigenvalue weighted by Gasteiger charge is 2.34. The summed E-state index contributed by atoms with van der Waals surface area (Å²) >= 11 is 0. The molecule has 4 nitrogen and oxygen atoms in total. The Bertz CT molecular complexity index is 506. The van der Waals surface area contributed by atoms with Gasteiger partial charge in [-0.3, -0.25) is 4.79 Å². The van der Waals surface area contributed by atoms with Crippen molar-refractivity contribution in [2.24, 2.45) is 5.92 Å². The molecule has 120 valence electrons. The monoisotopic (exact) mass is 302 g/mol. The van der Waals surface area contributed by atoms with Gasteiger partial charge in [0.05, 0.1) is 6.61 Å². The van der Waals surface area contributed by atoms with Crippen molar-refractivity contribution in [3.8, 4) is 0 Å². The lowest BCUT2D eigenvalue weighted by atomic mass is 9.89. The number of hydrogen-bond acceptors (Lipinski definition) is 3. The number of fused-ring (bicyclic) bond motifs is 2. The SMILES string of the molecule is CCOCc1cccc(NC(=O)CC2CC3CCC(C2)N3)c1. The van der Waals surface area contributed by atoms with Crippen LogP contribution in [0.25, 0.3) is 0 Å². The number of hydrogen-bond donors (Lipinski definition) is 2. The average molecular weight is 302 g/mol. The number of carbonyl (C=O) groups excluding carboxylic acids is 1. The number of anilines is 1. The maximum absolute atomic E-state index is 12.3. The van der Waals surface area contributed by atoms with Crippen LogP contribution < -0.4 is 10.6 Å². The van der Waals surface area contributed by atoms with Crippen molar-refractivity contribution in [1.29, 1.82) is 0 Å². The van der Waals surface area contributed by atoms with Crippen LogP contribution in [0.1, 0.15) is 44.6 Å². The summed E-state index contributed by atoms with van der Waals surface area (Å²) in [6.07, 6.45) is 5.50. The number of nitrogens with one attached hydrogen (secondary N) is 2. The first-order valence-electron chi connectivity index (χ1n) is 8.45. The minimum atomic E-state index is 0.139. The van der Waals surface area contributed by atoms with Crippen LogP contribution in [0.15, 0.2) is 24.3 Å². The van der Waals surface area contributed by atoms with Crippen molar-refractivity contribution in [2.45, 2.75) is 57.7 Å². The van der Waals surface area contributed by atoms with E-state index in [0.29, 0.717) is 37.6 Å². The summed E-state index contributed by atoms with van der Waals surface area (Å²) < 4.78 is 5.41. The summed E-state index contributed by atoms with van der Waals surface area (Å²) in [4.78, 5) is 12.3. The maximum Gasteiger partial charge on any atom is 0.224 e. The molecule has 0 saturated carbocycles. The lowest BCUT2D eigenvalue weighted by Crippen LogP contribution is -2.39. The molecule has 0 radical (unpaired) electrons. The van der Waals surface area contributed by atoms with Gasteiger partial charge in [0.15, 0.2) is 0 Å². The molecule has 2 saturated heterocycles. The zero-order valence-electron chi connectivity index (χ0n) is 13.3. The van der Waals surface area contributed by atoms with E-state index in [1.54, 1.807) is 0 Å². The van der Waals surface area contributed by atoms with Gasteiger partial charge in [-0.25, -0.2) is 0 Å². The first-order chi connectivity index (χ1) is 10.7. The fourth-order valence-corrected chi connectivity index (χ4v) is 3.77. The maximum atomic E-state index is 12.3. The van der Waals surface area contributed by atoms with Crippen molar-refractivity contribution in [3.63, 3.8) is 0 Å². The molecule has 1 amide bonds. The van der Waals surface area contributed by atoms with E-state index in [-0.39, 0.29) is 5.91 Å². The van der Waals surface area contributed by atoms with E-state index in [1.807, 2.05) is 31.2 Å². The van der Waals surface area contributed by atoms with Gasteiger partial charge in [-0.1, -0.05) is 12.1 Å². The Morgan fingerprint density at radius 1 is 1.32 bits per heavy atom. The largest absolute Gasteiger partial charge is 0.377 e. The van der Waals surface area contributed by atoms with Gasteiger partial charge < -0.3 is 15.4 Å². The molecule has 2 aliphatic heterocycles. The summed E-state index contributed by atoms with van der Waals surface area (Å²) in [5.74, 6) is 0.671. The van der Waals surface area contributed by atoms with E-state index in [1.165, 1.54) is 12.8 Å². The van der Waals surface area contributed by atoms with Crippen molar-refractivity contribution in [2.75, 3.05) is 11.9 Å². The molecule has 2 aliphatic rings. The standard InChI is InChI=1S/C18H26N2O2/c1-2-22-12-13-4-3-5-15(8-13)20-18(21)11-14-9-16-6-7-17(10-14)19-16/h3-5,8,14,16-17,19H,2,6-7,9-12H2,1H3,(H,20,21). The van der Waals surface area contributed by atoms with Gasteiger partial charge in [-0.15, -0.1) is 0 Å². The fourth-order valence-electron chi connectivity index (χ4n) is 3.77. The minimum Gasteiger partial charge on any atom is -0.377 e. The van der Waals surface area contributed by atoms with Gasteiger partial charge >= 0.3 is 0 Å². The first-order valence-corrected chi connectivity index (χ1v) is 8.45. The Balaban J connectivity index is 1.51. The smallest absolute Gasteiger partial charge is 0.224 e. The topological polar surface area (TPSA) is 50.4 Å². The van der Waals surface area contributed by atoms with Gasteiger partial charge in [0.2, 0.25) is 5.91 Å². The van der Waals surface area contributed by atoms with E-state index < -0.39 is 0 Å². The van der Waals surface area contributed by atoms with E-state index in [9.17, 15) is 4.79 Å². The zero-order valence-corrected chi connectivity index (χ0v) is 13.3. The molecular weight excluding hydrogens is 276 g/mol. The molecule has 3 rings (SSSR count). The normalized spacial score (nSPS) is 26.9. The Labute approximate surface area is 132 Å². The second-order valence-corrected chi connectivity index (χ2v) is 6.57. The summed E-state index contributed by atoms with van der Waals surface area (Å²) in [5, 5.41) is 6.67. The molecule has 22 heavy (non-hydrogen) atoms. The molecule has 0 spiro atoms. The van der Waals surface area contributed by atoms with Crippen LogP contribution in [0.5, 0.6) is 0 Å². The van der Waals surface area contributed by atoms with Gasteiger partial charge in [-0.2, -0.15) is 0 Å². The molecule has 2 heterocycles. The molecular formula is C18H26N2O2. The highest BCUT2D eigenvalue weighted by molar-refractivity contribution is 5.90. The molecule has 0 aliphatic carbocycles. The molecule has 2 unspecified atom stereocenters. The minimum absolute atomic E-state index is 0.139. The molecule has 2 N–H and O–H groups in total. The second kappa shape index (κ2) is 7.25. The van der Waals surface area contributed by atoms with E-state index in [0.717, 1.165) is 24.1 Å². The van der Waals surface area contributed by atoms with Gasteiger partial charge in [-0.05, 0) is 56.2 Å². The third-order valence-corrected chi connectivity index (χ3v) is 4.73. The van der Waals surface area contributed by atoms with Gasteiger partial charge in [0, 0.05) is 30.8 Å². The van der Waals surface area contributed by atoms with E-state index in [2.05, 4.69) is 10.6 Å². The van der Waals surface area contributed by atoms with E-state index in [4.69, 9.17) is 4.74 Å². The average Bonchev–Trinajstić information content (AvgIpc) is 2.84. The lowest BCUT2D eigenvalue weighted by molar-refractivity contribution is -0.117. The Morgan fingerprint density at radius 3 is 2.82 bits per heavy atom. The predicted octanol–water partition coefficient (Wildman–Crippen LogP) is 3.08. The van der Waals surface area contributed by atoms with Crippen LogP contribution in [-0.2, 0) is 16.1 Å². The first kappa shape index (κ1) is 15.5. The van der Waals surface area contributed by atoms with Crippen LogP contribution in [-0.4, -0.2) is 24.6 Å². The van der Waals surface area contributed by atoms with Gasteiger partial charge in [0.1, 0.15) is 0 Å². The number of piperidine rings is 1. The van der Waals surface area contributed by atoms with Crippen LogP contribution >= 0.6 is 0 Å². The molecule has 2 bridgehead atoms. The number of ether oxygens (including phenoxy) is 1. The summed E-state index contributed by atoms with van der Waals surface area (Å²) in [6.45, 7) is 3.28. The quantitative estimate of drug-likeness (QED) is 0.849. The van der Waals surface area contributed by atoms with Crippen molar-refractivity contribution >= 4 is 11.6 Å². The fraction of sp³-hybridized carbons (Fsp3) is 0.611. The molecule has 2 fully saturated rings. The number of rotatable bonds is 6. The number of benzene rings is 1. The van der Waals surface area contributed by atoms with Crippen molar-refractivity contribution < 1.29 is 9.53 Å². The highest BCUT2D eigenvalue weighted by atomic mass is 16.5. The Kier molecular flexibility index (Phi) is 5.11. The molecule has 4 heteroatoms. The molecule has 2 atom stereocenters. The predicted molar refractivity (Wildman–Crippen MR) is 87.7 cm³/mol. The van der Waals surface area contributed by atoms with Crippen LogP contribution in [0.3, 0.4) is 0 Å². The lowest BCUT2D eigenvalue weighted by Gasteiger charge is -2.28.